The van der Waals surface area contributed by atoms with E-state index < -0.39 is 5.92 Å². The van der Waals surface area contributed by atoms with Crippen LogP contribution in [-0.4, -0.2) is 9.55 Å². The van der Waals surface area contributed by atoms with Crippen LogP contribution >= 0.6 is 0 Å². The predicted octanol–water partition coefficient (Wildman–Crippen LogP) is 2.41. The first-order valence-corrected chi connectivity index (χ1v) is 8.34. The lowest BCUT2D eigenvalue weighted by atomic mass is 9.88. The standard InChI is InChI=1S/C20H16N4O3/c1-12-8-16-18(20(25)24(12)11-13-4-2-6-23-10-13)17(15-5-3-7-26-15)14(9-21)19(22)27-16/h2-8,10,17H,11,22H2,1H3. The minimum atomic E-state index is -0.706. The second-order valence-corrected chi connectivity index (χ2v) is 6.26. The molecule has 1 aliphatic heterocycles. The fourth-order valence-corrected chi connectivity index (χ4v) is 3.30. The van der Waals surface area contributed by atoms with Crippen LogP contribution in [0.3, 0.4) is 0 Å². The molecule has 0 amide bonds. The summed E-state index contributed by atoms with van der Waals surface area (Å²) in [5.41, 5.74) is 7.79. The van der Waals surface area contributed by atoms with E-state index in [9.17, 15) is 10.1 Å². The molecule has 0 saturated carbocycles. The molecule has 7 nitrogen and oxygen atoms in total. The lowest BCUT2D eigenvalue weighted by molar-refractivity contribution is 0.379. The number of nitriles is 1. The number of nitrogens with two attached hydrogens (primary N) is 1. The molecule has 1 unspecified atom stereocenters. The second-order valence-electron chi connectivity index (χ2n) is 6.26. The van der Waals surface area contributed by atoms with Crippen molar-refractivity contribution < 1.29 is 9.15 Å². The van der Waals surface area contributed by atoms with Gasteiger partial charge in [-0.2, -0.15) is 5.26 Å². The monoisotopic (exact) mass is 360 g/mol. The zero-order valence-corrected chi connectivity index (χ0v) is 14.5. The minimum absolute atomic E-state index is 0.0183. The fourth-order valence-electron chi connectivity index (χ4n) is 3.30. The van der Waals surface area contributed by atoms with Gasteiger partial charge in [-0.05, 0) is 30.7 Å². The van der Waals surface area contributed by atoms with E-state index >= 15 is 0 Å². The quantitative estimate of drug-likeness (QED) is 0.768. The van der Waals surface area contributed by atoms with Crippen molar-refractivity contribution in [3.63, 3.8) is 0 Å². The zero-order chi connectivity index (χ0) is 19.0. The lowest BCUT2D eigenvalue weighted by Crippen LogP contribution is -2.32. The summed E-state index contributed by atoms with van der Waals surface area (Å²) in [7, 11) is 0. The van der Waals surface area contributed by atoms with Gasteiger partial charge in [0.25, 0.3) is 5.56 Å². The normalized spacial score (nSPS) is 15.8. The highest BCUT2D eigenvalue weighted by Gasteiger charge is 2.36. The number of hydrogen-bond donors (Lipinski definition) is 1. The summed E-state index contributed by atoms with van der Waals surface area (Å²) in [6, 6.07) is 11.0. The average Bonchev–Trinajstić information content (AvgIpc) is 3.19. The van der Waals surface area contributed by atoms with Crippen LogP contribution in [0.5, 0.6) is 5.75 Å². The number of ether oxygens (including phenoxy) is 1. The number of allylic oxidation sites excluding steroid dienone is 1. The molecule has 0 fully saturated rings. The molecule has 0 bridgehead atoms. The maximum absolute atomic E-state index is 13.4. The van der Waals surface area contributed by atoms with Crippen LogP contribution in [0.15, 0.2) is 69.7 Å². The number of pyridine rings is 2. The summed E-state index contributed by atoms with van der Waals surface area (Å²) >= 11 is 0. The summed E-state index contributed by atoms with van der Waals surface area (Å²) in [4.78, 5) is 17.5. The minimum Gasteiger partial charge on any atom is -0.468 e. The number of rotatable bonds is 3. The van der Waals surface area contributed by atoms with Crippen LogP contribution in [0.1, 0.15) is 28.5 Å². The summed E-state index contributed by atoms with van der Waals surface area (Å²) in [6.07, 6.45) is 4.89. The largest absolute Gasteiger partial charge is 0.468 e. The zero-order valence-electron chi connectivity index (χ0n) is 14.5. The molecule has 3 aromatic heterocycles. The number of aromatic nitrogens is 2. The van der Waals surface area contributed by atoms with E-state index in [4.69, 9.17) is 14.9 Å². The Balaban J connectivity index is 1.92. The number of furan rings is 1. The molecule has 27 heavy (non-hydrogen) atoms. The summed E-state index contributed by atoms with van der Waals surface area (Å²) in [6.45, 7) is 2.18. The first kappa shape index (κ1) is 16.7. The molecular formula is C20H16N4O3. The van der Waals surface area contributed by atoms with Crippen molar-refractivity contribution in [1.82, 2.24) is 9.55 Å². The molecule has 4 heterocycles. The van der Waals surface area contributed by atoms with E-state index in [0.29, 0.717) is 29.3 Å². The van der Waals surface area contributed by atoms with Gasteiger partial charge in [0.1, 0.15) is 23.2 Å². The molecule has 1 atom stereocenters. The highest BCUT2D eigenvalue weighted by atomic mass is 16.5. The van der Waals surface area contributed by atoms with Gasteiger partial charge in [-0.1, -0.05) is 6.07 Å². The van der Waals surface area contributed by atoms with Crippen LogP contribution in [-0.2, 0) is 6.54 Å². The first-order chi connectivity index (χ1) is 13.1. The molecule has 0 aliphatic carbocycles. The van der Waals surface area contributed by atoms with Gasteiger partial charge in [-0.15, -0.1) is 0 Å². The first-order valence-electron chi connectivity index (χ1n) is 8.34. The number of fused-ring (bicyclic) bond motifs is 1. The number of hydrogen-bond acceptors (Lipinski definition) is 6. The Bertz CT molecular complexity index is 1120. The van der Waals surface area contributed by atoms with Gasteiger partial charge in [-0.3, -0.25) is 9.78 Å². The molecule has 1 aliphatic rings. The van der Waals surface area contributed by atoms with Crippen molar-refractivity contribution in [2.24, 2.45) is 5.73 Å². The Kier molecular flexibility index (Phi) is 4.01. The third-order valence-electron chi connectivity index (χ3n) is 4.58. The molecular weight excluding hydrogens is 344 g/mol. The third-order valence-corrected chi connectivity index (χ3v) is 4.58. The molecule has 0 aromatic carbocycles. The van der Waals surface area contributed by atoms with Crippen molar-refractivity contribution in [3.8, 4) is 11.8 Å². The lowest BCUT2D eigenvalue weighted by Gasteiger charge is -2.26. The van der Waals surface area contributed by atoms with Gasteiger partial charge in [0, 0.05) is 24.2 Å². The van der Waals surface area contributed by atoms with Crippen LogP contribution in [0.4, 0.5) is 0 Å². The van der Waals surface area contributed by atoms with Gasteiger partial charge in [0.05, 0.1) is 24.3 Å². The average molecular weight is 360 g/mol. The van der Waals surface area contributed by atoms with Crippen molar-refractivity contribution >= 4 is 0 Å². The fraction of sp³-hybridized carbons (Fsp3) is 0.150. The maximum atomic E-state index is 13.4. The van der Waals surface area contributed by atoms with Gasteiger partial charge < -0.3 is 19.5 Å². The Morgan fingerprint density at radius 1 is 1.37 bits per heavy atom. The maximum Gasteiger partial charge on any atom is 0.259 e. The topological polar surface area (TPSA) is 107 Å². The van der Waals surface area contributed by atoms with Crippen LogP contribution in [0, 0.1) is 18.3 Å². The van der Waals surface area contributed by atoms with Crippen LogP contribution in [0.25, 0.3) is 0 Å². The molecule has 3 aromatic rings. The molecule has 4 rings (SSSR count). The Morgan fingerprint density at radius 2 is 2.22 bits per heavy atom. The van der Waals surface area contributed by atoms with Gasteiger partial charge in [0.15, 0.2) is 0 Å². The summed E-state index contributed by atoms with van der Waals surface area (Å²) < 4.78 is 12.7. The van der Waals surface area contributed by atoms with E-state index in [1.165, 1.54) is 6.26 Å². The van der Waals surface area contributed by atoms with E-state index in [2.05, 4.69) is 11.1 Å². The molecule has 0 saturated heterocycles. The van der Waals surface area contributed by atoms with Gasteiger partial charge in [0.2, 0.25) is 5.88 Å². The SMILES string of the molecule is Cc1cc2c(c(=O)n1Cc1cccnc1)C(c1ccco1)C(C#N)=C(N)O2. The molecule has 0 spiro atoms. The molecule has 7 heteroatoms. The van der Waals surface area contributed by atoms with Crippen molar-refractivity contribution in [2.75, 3.05) is 0 Å². The highest BCUT2D eigenvalue weighted by molar-refractivity contribution is 5.53. The second kappa shape index (κ2) is 6.50. The van der Waals surface area contributed by atoms with E-state index in [1.807, 2.05) is 19.1 Å². The Hall–Kier alpha value is -3.79. The van der Waals surface area contributed by atoms with Gasteiger partial charge >= 0.3 is 0 Å². The van der Waals surface area contributed by atoms with Crippen molar-refractivity contribution in [2.45, 2.75) is 19.4 Å². The predicted molar refractivity (Wildman–Crippen MR) is 96.8 cm³/mol. The van der Waals surface area contributed by atoms with Crippen molar-refractivity contribution in [3.05, 3.63) is 93.4 Å². The van der Waals surface area contributed by atoms with Crippen LogP contribution < -0.4 is 16.0 Å². The third kappa shape index (κ3) is 2.77. The number of aryl methyl sites for hydroxylation is 1. The summed E-state index contributed by atoms with van der Waals surface area (Å²) in [5.74, 6) is 0.0861. The van der Waals surface area contributed by atoms with E-state index in [1.54, 1.807) is 35.2 Å². The van der Waals surface area contributed by atoms with E-state index in [-0.39, 0.29) is 17.0 Å². The molecule has 134 valence electrons. The number of nitrogens with zero attached hydrogens (tertiary/aromatic N) is 3. The van der Waals surface area contributed by atoms with Crippen LogP contribution in [0.2, 0.25) is 0 Å². The summed E-state index contributed by atoms with van der Waals surface area (Å²) in [5, 5.41) is 9.58. The molecule has 2 N–H and O–H groups in total. The molecule has 0 radical (unpaired) electrons. The van der Waals surface area contributed by atoms with E-state index in [0.717, 1.165) is 5.56 Å². The Labute approximate surface area is 154 Å². The smallest absolute Gasteiger partial charge is 0.259 e. The van der Waals surface area contributed by atoms with Gasteiger partial charge in [-0.25, -0.2) is 0 Å². The Morgan fingerprint density at radius 3 is 2.89 bits per heavy atom. The van der Waals surface area contributed by atoms with Crippen molar-refractivity contribution in [1.29, 1.82) is 5.26 Å². The highest BCUT2D eigenvalue weighted by Crippen LogP contribution is 2.40.